The van der Waals surface area contributed by atoms with Crippen LogP contribution in [0.25, 0.3) is 33.3 Å². The number of phosphoric acid groups is 1. The molecule has 4 aromatic rings. The molecule has 3 heterocycles. The minimum absolute atomic E-state index is 0.185. The first-order chi connectivity index (χ1) is 19.5. The van der Waals surface area contributed by atoms with Crippen LogP contribution in [0.1, 0.15) is 0 Å². The number of hydrogen-bond acceptors (Lipinski definition) is 8. The van der Waals surface area contributed by atoms with Crippen LogP contribution >= 0.6 is 7.82 Å². The third-order valence-corrected chi connectivity index (χ3v) is 6.69. The molecule has 12 nitrogen and oxygen atoms in total. The van der Waals surface area contributed by atoms with Gasteiger partial charge in [0, 0.05) is 72.6 Å². The fourth-order valence-electron chi connectivity index (χ4n) is 4.15. The zero-order chi connectivity index (χ0) is 29.7. The number of pyridine rings is 2. The van der Waals surface area contributed by atoms with Crippen LogP contribution in [-0.4, -0.2) is 77.0 Å². The predicted molar refractivity (Wildman–Crippen MR) is 156 cm³/mol. The molecule has 0 fully saturated rings. The number of hydrogen-bond donors (Lipinski definition) is 2. The van der Waals surface area contributed by atoms with Crippen molar-refractivity contribution in [3.05, 3.63) is 67.1 Å². The predicted octanol–water partition coefficient (Wildman–Crippen LogP) is 3.93. The van der Waals surface area contributed by atoms with E-state index >= 15 is 0 Å². The number of rotatable bonds is 11. The number of aromatic nitrogens is 3. The maximum atomic E-state index is 12.8. The number of fused-ring (bicyclic) bond motifs is 1. The van der Waals surface area contributed by atoms with Crippen LogP contribution in [-0.2, 0) is 20.6 Å². The molecule has 216 valence electrons. The van der Waals surface area contributed by atoms with Crippen molar-refractivity contribution in [2.75, 3.05) is 46.8 Å². The van der Waals surface area contributed by atoms with Crippen molar-refractivity contribution in [3.63, 3.8) is 0 Å². The highest BCUT2D eigenvalue weighted by Crippen LogP contribution is 2.39. The number of benzene rings is 1. The minimum atomic E-state index is -4.72. The van der Waals surface area contributed by atoms with Gasteiger partial charge in [0.25, 0.3) is 0 Å². The third kappa shape index (κ3) is 7.37. The molecule has 2 N–H and O–H groups in total. The van der Waals surface area contributed by atoms with Gasteiger partial charge in [-0.25, -0.2) is 14.5 Å². The van der Waals surface area contributed by atoms with Crippen molar-refractivity contribution in [2.24, 2.45) is 0 Å². The Bertz CT molecular complexity index is 1630. The van der Waals surface area contributed by atoms with Gasteiger partial charge in [-0.3, -0.25) is 9.32 Å². The zero-order valence-corrected chi connectivity index (χ0v) is 24.3. The van der Waals surface area contributed by atoms with Gasteiger partial charge in [0.1, 0.15) is 18.1 Å². The average molecular weight is 582 g/mol. The van der Waals surface area contributed by atoms with Crippen LogP contribution in [0.3, 0.4) is 0 Å². The summed E-state index contributed by atoms with van der Waals surface area (Å²) in [5.74, 6) is 0.778. The Kier molecular flexibility index (Phi) is 9.21. The van der Waals surface area contributed by atoms with E-state index in [0.29, 0.717) is 34.9 Å². The van der Waals surface area contributed by atoms with E-state index < -0.39 is 14.6 Å². The summed E-state index contributed by atoms with van der Waals surface area (Å²) >= 11 is 0. The van der Waals surface area contributed by atoms with Crippen molar-refractivity contribution >= 4 is 30.5 Å². The summed E-state index contributed by atoms with van der Waals surface area (Å²) in [5, 5.41) is 0.700. The highest BCUT2D eigenvalue weighted by Gasteiger charge is 2.19. The number of methoxy groups -OCH3 is 2. The molecule has 0 saturated carbocycles. The first kappa shape index (κ1) is 29.9. The topological polar surface area (TPSA) is 139 Å². The number of anilines is 1. The standard InChI is InChI=1S/C28H32N5O7P/c1-31(2)10-6-7-27(34)32(3)22-11-20(12-23(15-22)38-4)21-13-24-25(19-8-9-29-26(14-19)39-5)17-33(28(24)30-16-21)18-40-41(35,36)37/h6-9,11-17H,10,18H2,1-5H3,(H2,35,36,37)/b7-6+. The summed E-state index contributed by atoms with van der Waals surface area (Å²) in [6.07, 6.45) is 8.29. The van der Waals surface area contributed by atoms with Gasteiger partial charge in [0.05, 0.1) is 14.2 Å². The number of carbonyl (C=O) groups excluding carboxylic acids is 1. The molecule has 13 heteroatoms. The summed E-state index contributed by atoms with van der Waals surface area (Å²) < 4.78 is 28.5. The summed E-state index contributed by atoms with van der Waals surface area (Å²) in [5.41, 5.74) is 4.06. The van der Waals surface area contributed by atoms with Crippen LogP contribution in [0.15, 0.2) is 67.1 Å². The normalized spacial score (nSPS) is 11.9. The maximum Gasteiger partial charge on any atom is 0.471 e. The highest BCUT2D eigenvalue weighted by atomic mass is 31.2. The number of amides is 1. The van der Waals surface area contributed by atoms with Crippen LogP contribution in [0.5, 0.6) is 11.6 Å². The van der Waals surface area contributed by atoms with Crippen LogP contribution in [0, 0.1) is 0 Å². The Morgan fingerprint density at radius 3 is 2.49 bits per heavy atom. The fraction of sp³-hybridized carbons (Fsp3) is 0.250. The lowest BCUT2D eigenvalue weighted by atomic mass is 10.0. The molecule has 0 aliphatic carbocycles. The molecule has 1 amide bonds. The fourth-order valence-corrected chi connectivity index (χ4v) is 4.42. The lowest BCUT2D eigenvalue weighted by Gasteiger charge is -2.18. The SMILES string of the molecule is COc1cc(-c2cnc3c(c2)c(-c2ccnc(OC)c2)cn3COP(=O)(O)O)cc(N(C)C(=O)/C=C/CN(C)C)c1. The second-order valence-electron chi connectivity index (χ2n) is 9.42. The van der Waals surface area contributed by atoms with Gasteiger partial charge in [0.2, 0.25) is 11.8 Å². The van der Waals surface area contributed by atoms with Gasteiger partial charge in [0.15, 0.2) is 0 Å². The lowest BCUT2D eigenvalue weighted by molar-refractivity contribution is -0.113. The van der Waals surface area contributed by atoms with Gasteiger partial charge in [-0.2, -0.15) is 0 Å². The molecule has 0 unspecified atom stereocenters. The van der Waals surface area contributed by atoms with E-state index in [0.717, 1.165) is 22.3 Å². The van der Waals surface area contributed by atoms with E-state index in [1.807, 2.05) is 37.2 Å². The van der Waals surface area contributed by atoms with E-state index in [2.05, 4.69) is 9.97 Å². The highest BCUT2D eigenvalue weighted by molar-refractivity contribution is 7.46. The third-order valence-electron chi connectivity index (χ3n) is 6.24. The molecule has 0 bridgehead atoms. The van der Waals surface area contributed by atoms with E-state index in [1.54, 1.807) is 57.0 Å². The molecule has 0 aliphatic heterocycles. The number of ether oxygens (including phenoxy) is 2. The molecule has 0 saturated heterocycles. The van der Waals surface area contributed by atoms with Crippen molar-refractivity contribution in [3.8, 4) is 33.9 Å². The van der Waals surface area contributed by atoms with Crippen LogP contribution < -0.4 is 14.4 Å². The summed E-state index contributed by atoms with van der Waals surface area (Å²) in [7, 11) is 3.89. The number of likely N-dealkylation sites (N-methyl/N-ethyl adjacent to an activating group) is 2. The Morgan fingerprint density at radius 1 is 1.02 bits per heavy atom. The van der Waals surface area contributed by atoms with Crippen LogP contribution in [0.4, 0.5) is 5.69 Å². The van der Waals surface area contributed by atoms with Gasteiger partial charge in [-0.1, -0.05) is 6.08 Å². The molecule has 0 aliphatic rings. The average Bonchev–Trinajstić information content (AvgIpc) is 3.32. The largest absolute Gasteiger partial charge is 0.497 e. The Labute approximate surface area is 237 Å². The smallest absolute Gasteiger partial charge is 0.471 e. The molecule has 41 heavy (non-hydrogen) atoms. The van der Waals surface area contributed by atoms with Gasteiger partial charge in [-0.15, -0.1) is 0 Å². The minimum Gasteiger partial charge on any atom is -0.497 e. The zero-order valence-electron chi connectivity index (χ0n) is 23.4. The first-order valence-electron chi connectivity index (χ1n) is 12.5. The molecule has 0 spiro atoms. The van der Waals surface area contributed by atoms with Crippen LogP contribution in [0.2, 0.25) is 0 Å². The van der Waals surface area contributed by atoms with Crippen molar-refractivity contribution in [2.45, 2.75) is 6.73 Å². The van der Waals surface area contributed by atoms with Crippen molar-refractivity contribution in [1.82, 2.24) is 19.4 Å². The number of carbonyl (C=O) groups is 1. The van der Waals surface area contributed by atoms with Gasteiger partial charge in [-0.05, 0) is 49.5 Å². The van der Waals surface area contributed by atoms with E-state index in [4.69, 9.17) is 14.0 Å². The summed E-state index contributed by atoms with van der Waals surface area (Å²) in [6.45, 7) is 0.228. The second-order valence-corrected chi connectivity index (χ2v) is 10.7. The van der Waals surface area contributed by atoms with Crippen molar-refractivity contribution in [1.29, 1.82) is 0 Å². The maximum absolute atomic E-state index is 12.8. The van der Waals surface area contributed by atoms with E-state index in [1.165, 1.54) is 22.7 Å². The molecule has 0 radical (unpaired) electrons. The Balaban J connectivity index is 1.80. The molecular weight excluding hydrogens is 549 g/mol. The van der Waals surface area contributed by atoms with E-state index in [9.17, 15) is 19.1 Å². The monoisotopic (exact) mass is 581 g/mol. The van der Waals surface area contributed by atoms with Gasteiger partial charge >= 0.3 is 7.82 Å². The molecular formula is C28H32N5O7P. The second kappa shape index (κ2) is 12.6. The summed E-state index contributed by atoms with van der Waals surface area (Å²) in [4.78, 5) is 43.6. The number of phosphoric ester groups is 1. The first-order valence-corrected chi connectivity index (χ1v) is 14.0. The number of nitrogens with zero attached hydrogens (tertiary/aromatic N) is 5. The van der Waals surface area contributed by atoms with E-state index in [-0.39, 0.29) is 5.91 Å². The Hall–Kier alpha value is -4.06. The quantitative estimate of drug-likeness (QED) is 0.198. The van der Waals surface area contributed by atoms with Gasteiger partial charge < -0.3 is 33.6 Å². The Morgan fingerprint density at radius 2 is 1.80 bits per heavy atom. The molecule has 4 rings (SSSR count). The lowest BCUT2D eigenvalue weighted by Crippen LogP contribution is -2.24. The molecule has 3 aromatic heterocycles. The molecule has 1 aromatic carbocycles. The molecule has 0 atom stereocenters. The van der Waals surface area contributed by atoms with Crippen molar-refractivity contribution < 1.29 is 33.1 Å². The summed E-state index contributed by atoms with van der Waals surface area (Å²) in [6, 6.07) is 10.9.